The fourth-order valence-corrected chi connectivity index (χ4v) is 4.40. The number of rotatable bonds is 4. The Balaban J connectivity index is 0.000000223. The fraction of sp³-hybridized carbons (Fsp3) is 0. The van der Waals surface area contributed by atoms with Gasteiger partial charge in [0, 0.05) is 22.8 Å². The molecule has 0 spiro atoms. The van der Waals surface area contributed by atoms with E-state index in [0.717, 1.165) is 17.7 Å². The summed E-state index contributed by atoms with van der Waals surface area (Å²) in [5.74, 6) is -0.926. The first-order valence-corrected chi connectivity index (χ1v) is 12.5. The van der Waals surface area contributed by atoms with Gasteiger partial charge >= 0.3 is 5.71 Å². The molecule has 0 heterocycles. The van der Waals surface area contributed by atoms with Gasteiger partial charge in [0.15, 0.2) is 5.78 Å². The Kier molecular flexibility index (Phi) is 7.34. The number of ketones is 2. The van der Waals surface area contributed by atoms with Crippen LogP contribution in [-0.2, 0) is 20.2 Å². The van der Waals surface area contributed by atoms with E-state index in [1.165, 1.54) is 12.1 Å². The van der Waals surface area contributed by atoms with Crippen LogP contribution in [0.3, 0.4) is 0 Å². The lowest BCUT2D eigenvalue weighted by Crippen LogP contribution is -2.17. The second kappa shape index (κ2) is 10.1. The molecule has 178 valence electrons. The molecule has 10 nitrogen and oxygen atoms in total. The quantitative estimate of drug-likeness (QED) is 0.231. The number of benzene rings is 3. The summed E-state index contributed by atoms with van der Waals surface area (Å²) in [6.45, 7) is 0. The largest absolute Gasteiger partial charge is 0.744 e. The molecule has 0 bridgehead atoms. The molecule has 0 atom stereocenters. The number of nitrogens with one attached hydrogen (secondary N) is 1. The van der Waals surface area contributed by atoms with Crippen molar-refractivity contribution in [1.29, 1.82) is 5.53 Å². The second-order valence-corrected chi connectivity index (χ2v) is 9.80. The number of hydrogen-bond donors (Lipinski definition) is 2. The zero-order valence-electron chi connectivity index (χ0n) is 17.7. The molecular weight excluding hydrogens is 496 g/mol. The van der Waals surface area contributed by atoms with Crippen LogP contribution >= 0.6 is 0 Å². The fourth-order valence-electron chi connectivity index (χ4n) is 3.12. The van der Waals surface area contributed by atoms with Gasteiger partial charge in [0.25, 0.3) is 15.9 Å². The van der Waals surface area contributed by atoms with Crippen molar-refractivity contribution < 1.29 is 40.3 Å². The third-order valence-electron chi connectivity index (χ3n) is 4.78. The molecule has 0 radical (unpaired) electrons. The predicted octanol–water partition coefficient (Wildman–Crippen LogP) is 2.64. The molecule has 0 fully saturated rings. The Hall–Kier alpha value is -4.06. The van der Waals surface area contributed by atoms with Crippen molar-refractivity contribution in [2.45, 2.75) is 9.79 Å². The lowest BCUT2D eigenvalue weighted by atomic mass is 9.95. The molecule has 35 heavy (non-hydrogen) atoms. The number of carbonyl (C=O) groups excluding carboxylic acids is 2. The van der Waals surface area contributed by atoms with Crippen molar-refractivity contribution in [3.8, 4) is 0 Å². The van der Waals surface area contributed by atoms with Crippen molar-refractivity contribution in [1.82, 2.24) is 0 Å². The number of carbonyl (C=O) groups is 2. The van der Waals surface area contributed by atoms with Gasteiger partial charge in [0.1, 0.15) is 10.1 Å². The van der Waals surface area contributed by atoms with Gasteiger partial charge in [-0.15, -0.1) is 0 Å². The molecular formula is C23H16N2O8S2. The smallest absolute Gasteiger partial charge is 0.412 e. The van der Waals surface area contributed by atoms with Gasteiger partial charge in [-0.1, -0.05) is 54.6 Å². The molecule has 0 aliphatic heterocycles. The van der Waals surface area contributed by atoms with E-state index in [9.17, 15) is 31.0 Å². The summed E-state index contributed by atoms with van der Waals surface area (Å²) in [4.78, 5) is 25.2. The Morgan fingerprint density at radius 2 is 1.51 bits per heavy atom. The van der Waals surface area contributed by atoms with Crippen molar-refractivity contribution in [3.63, 3.8) is 0 Å². The number of nitrogens with zero attached hydrogens (tertiary/aromatic N) is 1. The Bertz CT molecular complexity index is 1620. The maximum absolute atomic E-state index is 12.3. The summed E-state index contributed by atoms with van der Waals surface area (Å²) >= 11 is 0. The average Bonchev–Trinajstić information content (AvgIpc) is 2.83. The van der Waals surface area contributed by atoms with Crippen LogP contribution in [0.4, 0.5) is 0 Å². The molecule has 0 saturated carbocycles. The molecule has 0 aromatic heterocycles. The molecule has 3 aromatic rings. The zero-order chi connectivity index (χ0) is 25.8. The molecule has 0 amide bonds. The van der Waals surface area contributed by atoms with E-state index in [1.807, 2.05) is 12.1 Å². The monoisotopic (exact) mass is 512 g/mol. The standard InChI is InChI=1S/C13H10O7S2.C10H7N2O/c14-13(9-4-2-1-3-5-9)11-7-6-10(21(15,16)17)8-12(11)22(18,19)20;11-12-9-6-5-7-3-1-2-4-8(7)10(9)13/h1-8H,(H,15,16,17)(H,18,19,20);1-6,11H/q;+1/p-1. The molecule has 0 saturated heterocycles. The predicted molar refractivity (Wildman–Crippen MR) is 122 cm³/mol. The number of hydrogen-bond acceptors (Lipinski definition) is 8. The minimum atomic E-state index is -5.12. The normalized spacial score (nSPS) is 12.7. The van der Waals surface area contributed by atoms with E-state index >= 15 is 0 Å². The van der Waals surface area contributed by atoms with E-state index in [1.54, 1.807) is 42.5 Å². The summed E-state index contributed by atoms with van der Waals surface area (Å²) in [6.07, 6.45) is 3.36. The van der Waals surface area contributed by atoms with Crippen LogP contribution in [0.5, 0.6) is 0 Å². The first-order valence-electron chi connectivity index (χ1n) is 9.67. The molecule has 3 aromatic carbocycles. The highest BCUT2D eigenvalue weighted by atomic mass is 32.2. The summed E-state index contributed by atoms with van der Waals surface area (Å²) in [5, 5.41) is 0. The number of Topliss-reactive ketones (excluding diaryl/α,β-unsaturated/α-hetero) is 1. The van der Waals surface area contributed by atoms with Crippen LogP contribution in [0.15, 0.2) is 88.7 Å². The molecule has 4 rings (SSSR count). The third-order valence-corrected chi connectivity index (χ3v) is 6.51. The molecule has 1 aliphatic rings. The zero-order valence-corrected chi connectivity index (χ0v) is 19.3. The van der Waals surface area contributed by atoms with Gasteiger partial charge in [-0.25, -0.2) is 8.42 Å². The minimum absolute atomic E-state index is 0.131. The number of allylic oxidation sites excluding steroid dienone is 1. The first-order chi connectivity index (χ1) is 16.4. The van der Waals surface area contributed by atoms with E-state index in [2.05, 4.69) is 4.79 Å². The lowest BCUT2D eigenvalue weighted by Gasteiger charge is -2.13. The highest BCUT2D eigenvalue weighted by Gasteiger charge is 2.26. The summed E-state index contributed by atoms with van der Waals surface area (Å²) in [5.41, 5.74) is 8.16. The van der Waals surface area contributed by atoms with Gasteiger partial charge in [-0.2, -0.15) is 8.42 Å². The van der Waals surface area contributed by atoms with Crippen LogP contribution in [0, 0.1) is 5.53 Å². The van der Waals surface area contributed by atoms with Crippen LogP contribution < -0.4 is 0 Å². The van der Waals surface area contributed by atoms with E-state index < -0.39 is 41.4 Å². The molecule has 12 heteroatoms. The van der Waals surface area contributed by atoms with Gasteiger partial charge in [0.2, 0.25) is 0 Å². The number of fused-ring (bicyclic) bond motifs is 1. The Morgan fingerprint density at radius 3 is 2.11 bits per heavy atom. The van der Waals surface area contributed by atoms with Crippen molar-refractivity contribution >= 4 is 43.6 Å². The van der Waals surface area contributed by atoms with Gasteiger partial charge in [-0.3, -0.25) is 14.1 Å². The Labute approximate surface area is 200 Å². The van der Waals surface area contributed by atoms with Crippen molar-refractivity contribution in [2.75, 3.05) is 0 Å². The van der Waals surface area contributed by atoms with Crippen LogP contribution in [-0.4, -0.2) is 48.0 Å². The van der Waals surface area contributed by atoms with Gasteiger partial charge in [-0.05, 0) is 29.8 Å². The van der Waals surface area contributed by atoms with E-state index in [0.29, 0.717) is 11.6 Å². The van der Waals surface area contributed by atoms with Gasteiger partial charge in [0.05, 0.1) is 20.1 Å². The Morgan fingerprint density at radius 1 is 0.886 bits per heavy atom. The van der Waals surface area contributed by atoms with Crippen molar-refractivity contribution in [2.24, 2.45) is 0 Å². The van der Waals surface area contributed by atoms with Crippen molar-refractivity contribution in [3.05, 3.63) is 101 Å². The lowest BCUT2D eigenvalue weighted by molar-refractivity contribution is -0.117. The molecule has 1 aliphatic carbocycles. The first kappa shape index (κ1) is 25.6. The molecule has 2 N–H and O–H groups in total. The van der Waals surface area contributed by atoms with Crippen LogP contribution in [0.2, 0.25) is 0 Å². The maximum atomic E-state index is 12.3. The average molecular weight is 513 g/mol. The highest BCUT2D eigenvalue weighted by molar-refractivity contribution is 7.86. The SMILES string of the molecule is N=[N+]=C1C=Cc2ccccc2C1=O.O=C(c1ccccc1)c1ccc(S(=O)(=O)O)cc1S(=O)(=O)[O-]. The maximum Gasteiger partial charge on any atom is 0.412 e. The third kappa shape index (κ3) is 5.90. The summed E-state index contributed by atoms with van der Waals surface area (Å²) in [7, 11) is -9.82. The summed E-state index contributed by atoms with van der Waals surface area (Å²) < 4.78 is 64.8. The molecule has 0 unspecified atom stereocenters. The minimum Gasteiger partial charge on any atom is -0.744 e. The van der Waals surface area contributed by atoms with Crippen LogP contribution in [0.1, 0.15) is 31.8 Å². The topological polar surface area (TPSA) is 184 Å². The van der Waals surface area contributed by atoms with Gasteiger partial charge < -0.3 is 4.55 Å². The highest BCUT2D eigenvalue weighted by Crippen LogP contribution is 2.23. The second-order valence-electron chi connectivity index (χ2n) is 7.03. The van der Waals surface area contributed by atoms with Crippen LogP contribution in [0.25, 0.3) is 6.08 Å². The van der Waals surface area contributed by atoms with E-state index in [-0.39, 0.29) is 17.1 Å². The summed E-state index contributed by atoms with van der Waals surface area (Å²) in [6, 6.07) is 17.0. The van der Waals surface area contributed by atoms with E-state index in [4.69, 9.17) is 10.1 Å².